The fourth-order valence-electron chi connectivity index (χ4n) is 2.94. The van der Waals surface area contributed by atoms with Crippen LogP contribution in [0.1, 0.15) is 46.6 Å². The number of nitrogens with two attached hydrogens (primary N) is 1. The third kappa shape index (κ3) is 3.41. The van der Waals surface area contributed by atoms with E-state index in [0.717, 1.165) is 12.0 Å². The van der Waals surface area contributed by atoms with Crippen LogP contribution < -0.4 is 5.73 Å². The van der Waals surface area contributed by atoms with E-state index in [1.807, 2.05) is 0 Å². The predicted molar refractivity (Wildman–Crippen MR) is 83.4 cm³/mol. The molecule has 0 radical (unpaired) electrons. The van der Waals surface area contributed by atoms with Gasteiger partial charge in [0.05, 0.1) is 0 Å². The lowest BCUT2D eigenvalue weighted by atomic mass is 9.72. The molecule has 0 aliphatic carbocycles. The lowest BCUT2D eigenvalue weighted by molar-refractivity contribution is 0.284. The summed E-state index contributed by atoms with van der Waals surface area (Å²) in [6.07, 6.45) is 1.13. The van der Waals surface area contributed by atoms with Gasteiger partial charge < -0.3 is 10.3 Å². The molecule has 0 unspecified atom stereocenters. The first-order valence-electron chi connectivity index (χ1n) is 7.00. The Balaban J connectivity index is 2.24. The molecule has 2 N–H and O–H groups in total. The Morgan fingerprint density at radius 1 is 1.05 bits per heavy atom. The molecule has 20 heavy (non-hydrogen) atoms. The molecule has 0 saturated carbocycles. The van der Waals surface area contributed by atoms with Crippen molar-refractivity contribution >= 4 is 5.82 Å². The van der Waals surface area contributed by atoms with Crippen LogP contribution in [0.5, 0.6) is 0 Å². The summed E-state index contributed by atoms with van der Waals surface area (Å²) in [7, 11) is 0. The minimum absolute atomic E-state index is 0.150. The van der Waals surface area contributed by atoms with Crippen LogP contribution in [0.2, 0.25) is 0 Å². The van der Waals surface area contributed by atoms with Gasteiger partial charge in [-0.15, -0.1) is 0 Å². The van der Waals surface area contributed by atoms with Crippen molar-refractivity contribution in [1.29, 1.82) is 0 Å². The Morgan fingerprint density at radius 2 is 1.65 bits per heavy atom. The van der Waals surface area contributed by atoms with Crippen molar-refractivity contribution in [2.24, 2.45) is 5.41 Å². The number of hydrogen-bond acceptors (Lipinski definition) is 3. The van der Waals surface area contributed by atoms with Gasteiger partial charge >= 0.3 is 0 Å². The molecule has 0 aliphatic rings. The molecule has 0 atom stereocenters. The van der Waals surface area contributed by atoms with Gasteiger partial charge in [0.15, 0.2) is 11.6 Å². The zero-order valence-electron chi connectivity index (χ0n) is 13.0. The Labute approximate surface area is 121 Å². The number of aromatic nitrogens is 1. The molecule has 2 rings (SSSR count). The van der Waals surface area contributed by atoms with Crippen molar-refractivity contribution in [3.8, 4) is 11.3 Å². The van der Waals surface area contributed by atoms with Crippen LogP contribution in [0, 0.1) is 5.41 Å². The molecule has 0 aliphatic heterocycles. The van der Waals surface area contributed by atoms with E-state index in [1.165, 1.54) is 5.56 Å². The molecule has 108 valence electrons. The quantitative estimate of drug-likeness (QED) is 0.885. The fraction of sp³-hybridized carbons (Fsp3) is 0.471. The Hall–Kier alpha value is -1.77. The standard InChI is InChI=1S/C17H24N2O/c1-16(2,3)11-17(4,5)13-8-6-12(7-9-13)14-10-15(18)19-20-14/h6-10H,11H2,1-5H3,(H2,18,19). The van der Waals surface area contributed by atoms with Gasteiger partial charge in [0, 0.05) is 11.6 Å². The van der Waals surface area contributed by atoms with Gasteiger partial charge in [-0.3, -0.25) is 0 Å². The molecule has 3 nitrogen and oxygen atoms in total. The van der Waals surface area contributed by atoms with Crippen LogP contribution in [0.4, 0.5) is 5.82 Å². The van der Waals surface area contributed by atoms with Crippen molar-refractivity contribution < 1.29 is 4.52 Å². The number of hydrogen-bond donors (Lipinski definition) is 1. The molecule has 1 aromatic carbocycles. The van der Waals surface area contributed by atoms with Gasteiger partial charge in [-0.05, 0) is 22.8 Å². The highest BCUT2D eigenvalue weighted by atomic mass is 16.5. The molecule has 0 spiro atoms. The minimum atomic E-state index is 0.150. The number of nitrogen functional groups attached to an aromatic ring is 1. The smallest absolute Gasteiger partial charge is 0.169 e. The van der Waals surface area contributed by atoms with E-state index in [4.69, 9.17) is 10.3 Å². The van der Waals surface area contributed by atoms with Crippen LogP contribution in [-0.2, 0) is 5.41 Å². The molecule has 0 fully saturated rings. The van der Waals surface area contributed by atoms with E-state index in [0.29, 0.717) is 17.0 Å². The second-order valence-corrected chi connectivity index (χ2v) is 7.31. The van der Waals surface area contributed by atoms with Crippen LogP contribution in [0.15, 0.2) is 34.9 Å². The highest BCUT2D eigenvalue weighted by Gasteiger charge is 2.27. The summed E-state index contributed by atoms with van der Waals surface area (Å²) >= 11 is 0. The summed E-state index contributed by atoms with van der Waals surface area (Å²) in [5.74, 6) is 1.12. The number of nitrogens with zero attached hydrogens (tertiary/aromatic N) is 1. The van der Waals surface area contributed by atoms with Gasteiger partial charge in [0.25, 0.3) is 0 Å². The Bertz CT molecular complexity index is 574. The van der Waals surface area contributed by atoms with E-state index in [1.54, 1.807) is 6.07 Å². The molecule has 2 aromatic rings. The summed E-state index contributed by atoms with van der Waals surface area (Å²) in [6, 6.07) is 10.2. The molecular formula is C17H24N2O. The van der Waals surface area contributed by atoms with Crippen molar-refractivity contribution in [1.82, 2.24) is 5.16 Å². The molecular weight excluding hydrogens is 248 g/mol. The average molecular weight is 272 g/mol. The number of anilines is 1. The molecule has 0 bridgehead atoms. The molecule has 1 heterocycles. The van der Waals surface area contributed by atoms with Crippen molar-refractivity contribution in [3.05, 3.63) is 35.9 Å². The van der Waals surface area contributed by atoms with E-state index in [-0.39, 0.29) is 5.41 Å². The summed E-state index contributed by atoms with van der Waals surface area (Å²) in [6.45, 7) is 11.4. The van der Waals surface area contributed by atoms with Crippen LogP contribution in [0.3, 0.4) is 0 Å². The zero-order valence-corrected chi connectivity index (χ0v) is 13.0. The second-order valence-electron chi connectivity index (χ2n) is 7.31. The van der Waals surface area contributed by atoms with Crippen LogP contribution >= 0.6 is 0 Å². The lowest BCUT2D eigenvalue weighted by Crippen LogP contribution is -2.24. The Kier molecular flexibility index (Phi) is 3.63. The first-order valence-corrected chi connectivity index (χ1v) is 7.00. The summed E-state index contributed by atoms with van der Waals surface area (Å²) in [5.41, 5.74) is 8.38. The maximum Gasteiger partial charge on any atom is 0.169 e. The van der Waals surface area contributed by atoms with Crippen molar-refractivity contribution in [3.63, 3.8) is 0 Å². The van der Waals surface area contributed by atoms with Gasteiger partial charge in [0.1, 0.15) is 0 Å². The van der Waals surface area contributed by atoms with E-state index < -0.39 is 0 Å². The predicted octanol–water partition coefficient (Wildman–Crippen LogP) is 4.64. The lowest BCUT2D eigenvalue weighted by Gasteiger charge is -2.33. The SMILES string of the molecule is CC(C)(C)CC(C)(C)c1ccc(-c2cc(N)no2)cc1. The highest BCUT2D eigenvalue weighted by Crippen LogP contribution is 2.36. The minimum Gasteiger partial charge on any atom is -0.381 e. The maximum atomic E-state index is 5.58. The largest absolute Gasteiger partial charge is 0.381 e. The topological polar surface area (TPSA) is 52.0 Å². The van der Waals surface area contributed by atoms with E-state index in [9.17, 15) is 0 Å². The first kappa shape index (κ1) is 14.6. The van der Waals surface area contributed by atoms with E-state index >= 15 is 0 Å². The summed E-state index contributed by atoms with van der Waals surface area (Å²) < 4.78 is 5.18. The van der Waals surface area contributed by atoms with E-state index in [2.05, 4.69) is 64.0 Å². The summed E-state index contributed by atoms with van der Waals surface area (Å²) in [4.78, 5) is 0. The monoisotopic (exact) mass is 272 g/mol. The van der Waals surface area contributed by atoms with Crippen molar-refractivity contribution in [2.45, 2.75) is 46.5 Å². The third-order valence-corrected chi connectivity index (χ3v) is 3.45. The number of rotatable bonds is 3. The molecule has 3 heteroatoms. The molecule has 0 amide bonds. The number of benzene rings is 1. The third-order valence-electron chi connectivity index (χ3n) is 3.45. The zero-order chi connectivity index (χ0) is 15.0. The average Bonchev–Trinajstić information content (AvgIpc) is 2.73. The van der Waals surface area contributed by atoms with Gasteiger partial charge in [0.2, 0.25) is 0 Å². The molecule has 1 aromatic heterocycles. The van der Waals surface area contributed by atoms with Gasteiger partial charge in [-0.25, -0.2) is 0 Å². The van der Waals surface area contributed by atoms with Crippen molar-refractivity contribution in [2.75, 3.05) is 5.73 Å². The van der Waals surface area contributed by atoms with Gasteiger partial charge in [-0.1, -0.05) is 64.0 Å². The van der Waals surface area contributed by atoms with Gasteiger partial charge in [-0.2, -0.15) is 0 Å². The maximum absolute atomic E-state index is 5.58. The Morgan fingerprint density at radius 3 is 2.10 bits per heavy atom. The van der Waals surface area contributed by atoms with Crippen LogP contribution in [0.25, 0.3) is 11.3 Å². The second kappa shape index (κ2) is 4.97. The first-order chi connectivity index (χ1) is 9.17. The highest BCUT2D eigenvalue weighted by molar-refractivity contribution is 5.60. The van der Waals surface area contributed by atoms with Crippen LogP contribution in [-0.4, -0.2) is 5.16 Å². The molecule has 0 saturated heterocycles. The summed E-state index contributed by atoms with van der Waals surface area (Å²) in [5, 5.41) is 3.72. The fourth-order valence-corrected chi connectivity index (χ4v) is 2.94. The normalized spacial score (nSPS) is 12.7.